The van der Waals surface area contributed by atoms with Crippen LogP contribution in [0.5, 0.6) is 0 Å². The summed E-state index contributed by atoms with van der Waals surface area (Å²) in [5.41, 5.74) is 0. The van der Waals surface area contributed by atoms with Crippen molar-refractivity contribution in [1.29, 1.82) is 0 Å². The van der Waals surface area contributed by atoms with E-state index in [1.165, 1.54) is 6.42 Å². The predicted molar refractivity (Wildman–Crippen MR) is 80.2 cm³/mol. The third-order valence-corrected chi connectivity index (χ3v) is 3.83. The Morgan fingerprint density at radius 3 is 2.95 bits per heavy atom. The van der Waals surface area contributed by atoms with Crippen molar-refractivity contribution >= 4 is 23.4 Å². The van der Waals surface area contributed by atoms with Crippen molar-refractivity contribution in [2.45, 2.75) is 31.0 Å². The van der Waals surface area contributed by atoms with Gasteiger partial charge in [0, 0.05) is 32.8 Å². The van der Waals surface area contributed by atoms with Crippen molar-refractivity contribution in [2.24, 2.45) is 0 Å². The summed E-state index contributed by atoms with van der Waals surface area (Å²) in [4.78, 5) is 11.3. The number of ether oxygens (including phenoxy) is 1. The van der Waals surface area contributed by atoms with E-state index in [9.17, 15) is 0 Å². The van der Waals surface area contributed by atoms with Crippen molar-refractivity contribution in [3.05, 3.63) is 6.07 Å². The molecule has 1 aromatic heterocycles. The van der Waals surface area contributed by atoms with E-state index in [1.54, 1.807) is 11.8 Å². The topological polar surface area (TPSA) is 50.3 Å². The molecule has 1 N–H and O–H groups in total. The number of aromatic nitrogens is 2. The van der Waals surface area contributed by atoms with E-state index >= 15 is 0 Å². The van der Waals surface area contributed by atoms with Gasteiger partial charge in [0.2, 0.25) is 0 Å². The summed E-state index contributed by atoms with van der Waals surface area (Å²) >= 11 is 1.56. The van der Waals surface area contributed by atoms with E-state index in [4.69, 9.17) is 4.74 Å². The highest BCUT2D eigenvalue weighted by atomic mass is 32.2. The first-order valence-corrected chi connectivity index (χ1v) is 7.96. The molecule has 2 rings (SSSR count). The Balaban J connectivity index is 2.15. The van der Waals surface area contributed by atoms with Crippen LogP contribution in [0.3, 0.4) is 0 Å². The van der Waals surface area contributed by atoms with Crippen LogP contribution in [-0.2, 0) is 4.74 Å². The summed E-state index contributed by atoms with van der Waals surface area (Å²) in [5, 5.41) is 3.89. The lowest BCUT2D eigenvalue weighted by molar-refractivity contribution is 0.115. The van der Waals surface area contributed by atoms with Crippen molar-refractivity contribution in [2.75, 3.05) is 43.2 Å². The fourth-order valence-corrected chi connectivity index (χ4v) is 2.59. The molecule has 1 aliphatic rings. The van der Waals surface area contributed by atoms with Gasteiger partial charge in [0.05, 0.1) is 6.10 Å². The number of nitrogens with one attached hydrogen (secondary N) is 1. The molecule has 1 unspecified atom stereocenters. The van der Waals surface area contributed by atoms with Crippen molar-refractivity contribution in [1.82, 2.24) is 9.97 Å². The molecule has 0 spiro atoms. The van der Waals surface area contributed by atoms with Crippen LogP contribution < -0.4 is 10.2 Å². The molecular weight excluding hydrogens is 260 g/mol. The largest absolute Gasteiger partial charge is 0.376 e. The monoisotopic (exact) mass is 282 g/mol. The van der Waals surface area contributed by atoms with Crippen LogP contribution in [0, 0.1) is 0 Å². The molecule has 0 aromatic carbocycles. The number of thioether (sulfide) groups is 1. The van der Waals surface area contributed by atoms with Crippen LogP contribution in [0.1, 0.15) is 19.8 Å². The van der Waals surface area contributed by atoms with Gasteiger partial charge < -0.3 is 15.0 Å². The Hall–Kier alpha value is -1.01. The molecule has 0 amide bonds. The zero-order valence-corrected chi connectivity index (χ0v) is 12.7. The molecule has 5 nitrogen and oxygen atoms in total. The lowest BCUT2D eigenvalue weighted by Crippen LogP contribution is -2.32. The standard InChI is InChI=1S/C13H22N4OS/c1-4-17(9-10-6-5-7-18-10)12-8-11(14-2)15-13(16-12)19-3/h8,10H,4-7,9H2,1-3H3,(H,14,15,16). The second kappa shape index (κ2) is 6.96. The summed E-state index contributed by atoms with van der Waals surface area (Å²) in [6.07, 6.45) is 4.65. The molecule has 106 valence electrons. The van der Waals surface area contributed by atoms with Crippen molar-refractivity contribution < 1.29 is 4.74 Å². The highest BCUT2D eigenvalue weighted by molar-refractivity contribution is 7.98. The Morgan fingerprint density at radius 2 is 2.37 bits per heavy atom. The zero-order valence-electron chi connectivity index (χ0n) is 11.8. The maximum atomic E-state index is 5.71. The minimum Gasteiger partial charge on any atom is -0.376 e. The van der Waals surface area contributed by atoms with E-state index in [0.717, 1.165) is 42.9 Å². The van der Waals surface area contributed by atoms with Gasteiger partial charge in [-0.15, -0.1) is 0 Å². The highest BCUT2D eigenvalue weighted by Gasteiger charge is 2.20. The molecular formula is C13H22N4OS. The van der Waals surface area contributed by atoms with E-state index < -0.39 is 0 Å². The average Bonchev–Trinajstić information content (AvgIpc) is 2.97. The average molecular weight is 282 g/mol. The minimum absolute atomic E-state index is 0.339. The highest BCUT2D eigenvalue weighted by Crippen LogP contribution is 2.22. The molecule has 1 atom stereocenters. The number of anilines is 2. The lowest BCUT2D eigenvalue weighted by atomic mass is 10.2. The van der Waals surface area contributed by atoms with E-state index in [2.05, 4.69) is 27.1 Å². The quantitative estimate of drug-likeness (QED) is 0.638. The first-order chi connectivity index (χ1) is 9.26. The van der Waals surface area contributed by atoms with Gasteiger partial charge >= 0.3 is 0 Å². The summed E-state index contributed by atoms with van der Waals surface area (Å²) < 4.78 is 5.71. The molecule has 1 saturated heterocycles. The molecule has 0 bridgehead atoms. The molecule has 0 radical (unpaired) electrons. The molecule has 2 heterocycles. The molecule has 6 heteroatoms. The minimum atomic E-state index is 0.339. The molecule has 1 aromatic rings. The van der Waals surface area contributed by atoms with Crippen LogP contribution in [0.2, 0.25) is 0 Å². The summed E-state index contributed by atoms with van der Waals surface area (Å²) in [6.45, 7) is 4.87. The van der Waals surface area contributed by atoms with Gasteiger partial charge in [-0.1, -0.05) is 11.8 Å². The third kappa shape index (κ3) is 3.73. The Morgan fingerprint density at radius 1 is 1.53 bits per heavy atom. The number of hydrogen-bond donors (Lipinski definition) is 1. The number of hydrogen-bond acceptors (Lipinski definition) is 6. The maximum absolute atomic E-state index is 5.71. The van der Waals surface area contributed by atoms with Crippen LogP contribution in [-0.4, -0.2) is 49.1 Å². The Kier molecular flexibility index (Phi) is 5.27. The van der Waals surface area contributed by atoms with Gasteiger partial charge in [0.25, 0.3) is 0 Å². The molecule has 19 heavy (non-hydrogen) atoms. The van der Waals surface area contributed by atoms with Gasteiger partial charge in [-0.25, -0.2) is 9.97 Å². The van der Waals surface area contributed by atoms with Gasteiger partial charge in [0.1, 0.15) is 11.6 Å². The number of likely N-dealkylation sites (N-methyl/N-ethyl adjacent to an activating group) is 1. The lowest BCUT2D eigenvalue weighted by Gasteiger charge is -2.25. The molecule has 1 aliphatic heterocycles. The van der Waals surface area contributed by atoms with E-state index in [-0.39, 0.29) is 0 Å². The van der Waals surface area contributed by atoms with E-state index in [1.807, 2.05) is 19.4 Å². The smallest absolute Gasteiger partial charge is 0.191 e. The first kappa shape index (κ1) is 14.4. The molecule has 0 aliphatic carbocycles. The summed E-state index contributed by atoms with van der Waals surface area (Å²) in [6, 6.07) is 2.00. The van der Waals surface area contributed by atoms with Gasteiger partial charge in [0.15, 0.2) is 5.16 Å². The Labute approximate surface area is 119 Å². The fourth-order valence-electron chi connectivity index (χ4n) is 2.21. The third-order valence-electron chi connectivity index (χ3n) is 3.28. The number of nitrogens with zero attached hydrogens (tertiary/aromatic N) is 3. The van der Waals surface area contributed by atoms with E-state index in [0.29, 0.717) is 6.10 Å². The van der Waals surface area contributed by atoms with Crippen LogP contribution in [0.25, 0.3) is 0 Å². The second-order valence-corrected chi connectivity index (χ2v) is 5.30. The summed E-state index contributed by atoms with van der Waals surface area (Å²) in [5.74, 6) is 1.84. The Bertz CT molecular complexity index is 387. The molecule has 0 saturated carbocycles. The van der Waals surface area contributed by atoms with Crippen molar-refractivity contribution in [3.63, 3.8) is 0 Å². The van der Waals surface area contributed by atoms with Gasteiger partial charge in [-0.3, -0.25) is 0 Å². The van der Waals surface area contributed by atoms with Crippen LogP contribution >= 0.6 is 11.8 Å². The summed E-state index contributed by atoms with van der Waals surface area (Å²) in [7, 11) is 1.88. The maximum Gasteiger partial charge on any atom is 0.191 e. The SMILES string of the molecule is CCN(CC1CCCO1)c1cc(NC)nc(SC)n1. The zero-order chi connectivity index (χ0) is 13.7. The fraction of sp³-hybridized carbons (Fsp3) is 0.692. The molecule has 1 fully saturated rings. The number of rotatable bonds is 6. The van der Waals surface area contributed by atoms with Gasteiger partial charge in [-0.2, -0.15) is 0 Å². The normalized spacial score (nSPS) is 18.6. The second-order valence-electron chi connectivity index (χ2n) is 4.52. The van der Waals surface area contributed by atoms with Gasteiger partial charge in [-0.05, 0) is 26.0 Å². The predicted octanol–water partition coefficient (Wildman–Crippen LogP) is 2.25. The van der Waals surface area contributed by atoms with Crippen molar-refractivity contribution in [3.8, 4) is 0 Å². The van der Waals surface area contributed by atoms with Crippen LogP contribution in [0.4, 0.5) is 11.6 Å². The van der Waals surface area contributed by atoms with Crippen LogP contribution in [0.15, 0.2) is 11.2 Å². The first-order valence-electron chi connectivity index (χ1n) is 6.74.